The van der Waals surface area contributed by atoms with Gasteiger partial charge in [0.2, 0.25) is 5.91 Å². The van der Waals surface area contributed by atoms with E-state index in [0.717, 1.165) is 12.8 Å². The van der Waals surface area contributed by atoms with Gasteiger partial charge in [0.05, 0.1) is 12.1 Å². The molecular formula is C10H14N2O3S. The molecule has 16 heavy (non-hydrogen) atoms. The predicted octanol–water partition coefficient (Wildman–Crippen LogP) is 1.90. The Balaban J connectivity index is 2.45. The number of carboxylic acid groups (broad SMARTS) is 1. The number of anilines is 1. The van der Waals surface area contributed by atoms with Gasteiger partial charge in [-0.15, -0.1) is 11.3 Å². The zero-order chi connectivity index (χ0) is 12.0. The van der Waals surface area contributed by atoms with Gasteiger partial charge in [0, 0.05) is 11.8 Å². The van der Waals surface area contributed by atoms with Crippen LogP contribution in [0.25, 0.3) is 0 Å². The van der Waals surface area contributed by atoms with Crippen LogP contribution in [0.4, 0.5) is 5.13 Å². The summed E-state index contributed by atoms with van der Waals surface area (Å²) in [5.41, 5.74) is 0.475. The summed E-state index contributed by atoms with van der Waals surface area (Å²) in [4.78, 5) is 25.8. The van der Waals surface area contributed by atoms with Crippen LogP contribution in [-0.4, -0.2) is 22.0 Å². The Hall–Kier alpha value is -1.43. The Kier molecular flexibility index (Phi) is 4.91. The number of carbonyl (C=O) groups excluding carboxylic acids is 1. The first-order valence-electron chi connectivity index (χ1n) is 5.08. The van der Waals surface area contributed by atoms with Gasteiger partial charge in [0.1, 0.15) is 0 Å². The lowest BCUT2D eigenvalue weighted by Gasteiger charge is -1.99. The normalized spacial score (nSPS) is 10.1. The van der Waals surface area contributed by atoms with Crippen LogP contribution in [0, 0.1) is 0 Å². The Morgan fingerprint density at radius 2 is 2.31 bits per heavy atom. The molecule has 0 aliphatic rings. The summed E-state index contributed by atoms with van der Waals surface area (Å²) in [6, 6.07) is 0. The van der Waals surface area contributed by atoms with E-state index in [4.69, 9.17) is 5.11 Å². The van der Waals surface area contributed by atoms with E-state index in [1.165, 1.54) is 11.3 Å². The van der Waals surface area contributed by atoms with Crippen LogP contribution in [0.2, 0.25) is 0 Å². The molecule has 1 aromatic rings. The summed E-state index contributed by atoms with van der Waals surface area (Å²) < 4.78 is 0. The topological polar surface area (TPSA) is 79.3 Å². The van der Waals surface area contributed by atoms with E-state index in [-0.39, 0.29) is 12.3 Å². The van der Waals surface area contributed by atoms with Gasteiger partial charge in [-0.05, 0) is 6.42 Å². The average Bonchev–Trinajstić information content (AvgIpc) is 2.61. The van der Waals surface area contributed by atoms with Gasteiger partial charge >= 0.3 is 5.97 Å². The second kappa shape index (κ2) is 6.22. The third-order valence-corrected chi connectivity index (χ3v) is 2.69. The molecule has 0 atom stereocenters. The molecule has 0 bridgehead atoms. The molecule has 0 spiro atoms. The number of thiazole rings is 1. The highest BCUT2D eigenvalue weighted by Crippen LogP contribution is 2.16. The van der Waals surface area contributed by atoms with Gasteiger partial charge in [0.15, 0.2) is 5.13 Å². The molecule has 0 saturated carbocycles. The molecule has 1 rings (SSSR count). The highest BCUT2D eigenvalue weighted by atomic mass is 32.1. The second-order valence-electron chi connectivity index (χ2n) is 3.37. The molecule has 1 aromatic heterocycles. The highest BCUT2D eigenvalue weighted by molar-refractivity contribution is 7.13. The highest BCUT2D eigenvalue weighted by Gasteiger charge is 2.08. The molecule has 1 heterocycles. The molecule has 0 saturated heterocycles. The average molecular weight is 242 g/mol. The maximum Gasteiger partial charge on any atom is 0.309 e. The van der Waals surface area contributed by atoms with Crippen molar-refractivity contribution in [2.45, 2.75) is 32.6 Å². The maximum atomic E-state index is 11.3. The van der Waals surface area contributed by atoms with Gasteiger partial charge in [-0.25, -0.2) is 4.98 Å². The van der Waals surface area contributed by atoms with Crippen molar-refractivity contribution in [2.75, 3.05) is 5.32 Å². The minimum absolute atomic E-state index is 0.0712. The Morgan fingerprint density at radius 1 is 1.56 bits per heavy atom. The molecule has 0 aliphatic carbocycles. The fourth-order valence-corrected chi connectivity index (χ4v) is 1.85. The molecule has 2 N–H and O–H groups in total. The number of unbranched alkanes of at least 4 members (excludes halogenated alkanes) is 1. The van der Waals surface area contributed by atoms with Crippen molar-refractivity contribution in [3.8, 4) is 0 Å². The fraction of sp³-hybridized carbons (Fsp3) is 0.500. The zero-order valence-electron chi connectivity index (χ0n) is 9.02. The summed E-state index contributed by atoms with van der Waals surface area (Å²) in [6.45, 7) is 2.02. The van der Waals surface area contributed by atoms with Gasteiger partial charge in [-0.2, -0.15) is 0 Å². The zero-order valence-corrected chi connectivity index (χ0v) is 9.84. The lowest BCUT2D eigenvalue weighted by Crippen LogP contribution is -2.11. The van der Waals surface area contributed by atoms with Crippen molar-refractivity contribution < 1.29 is 14.7 Å². The summed E-state index contributed by atoms with van der Waals surface area (Å²) in [6.07, 6.45) is 2.18. The largest absolute Gasteiger partial charge is 0.481 e. The van der Waals surface area contributed by atoms with Crippen molar-refractivity contribution in [3.05, 3.63) is 11.1 Å². The maximum absolute atomic E-state index is 11.3. The number of hydrogen-bond donors (Lipinski definition) is 2. The number of aromatic nitrogens is 1. The summed E-state index contributed by atoms with van der Waals surface area (Å²) in [5, 5.41) is 13.3. The van der Waals surface area contributed by atoms with Gasteiger partial charge in [-0.3, -0.25) is 9.59 Å². The molecule has 0 radical (unpaired) electrons. The molecule has 5 nitrogen and oxygen atoms in total. The molecule has 0 unspecified atom stereocenters. The molecule has 6 heteroatoms. The SMILES string of the molecule is CCCCC(=O)Nc1nc(CC(=O)O)cs1. The lowest BCUT2D eigenvalue weighted by atomic mass is 10.2. The molecular weight excluding hydrogens is 228 g/mol. The molecule has 1 amide bonds. The summed E-state index contributed by atoms with van der Waals surface area (Å²) in [7, 11) is 0. The minimum Gasteiger partial charge on any atom is -0.481 e. The fourth-order valence-electron chi connectivity index (χ4n) is 1.12. The number of amides is 1. The molecule has 88 valence electrons. The smallest absolute Gasteiger partial charge is 0.309 e. The second-order valence-corrected chi connectivity index (χ2v) is 4.22. The molecule has 0 fully saturated rings. The summed E-state index contributed by atoms with van der Waals surface area (Å²) >= 11 is 1.25. The first kappa shape index (κ1) is 12.6. The number of hydrogen-bond acceptors (Lipinski definition) is 4. The van der Waals surface area contributed by atoms with E-state index in [2.05, 4.69) is 10.3 Å². The van der Waals surface area contributed by atoms with Crippen LogP contribution in [0.3, 0.4) is 0 Å². The summed E-state index contributed by atoms with van der Waals surface area (Å²) in [5.74, 6) is -0.993. The standard InChI is InChI=1S/C10H14N2O3S/c1-2-3-4-8(13)12-10-11-7(6-16-10)5-9(14)15/h6H,2-5H2,1H3,(H,14,15)(H,11,12,13). The van der Waals surface area contributed by atoms with E-state index in [1.54, 1.807) is 5.38 Å². The van der Waals surface area contributed by atoms with Crippen LogP contribution < -0.4 is 5.32 Å². The van der Waals surface area contributed by atoms with Gasteiger partial charge < -0.3 is 10.4 Å². The van der Waals surface area contributed by atoms with Crippen molar-refractivity contribution in [1.29, 1.82) is 0 Å². The van der Waals surface area contributed by atoms with Crippen LogP contribution in [0.15, 0.2) is 5.38 Å². The van der Waals surface area contributed by atoms with Crippen LogP contribution >= 0.6 is 11.3 Å². The number of aliphatic carboxylic acids is 1. The van der Waals surface area contributed by atoms with Gasteiger partial charge in [-0.1, -0.05) is 13.3 Å². The van der Waals surface area contributed by atoms with Crippen molar-refractivity contribution >= 4 is 28.3 Å². The monoisotopic (exact) mass is 242 g/mol. The Labute approximate surface area is 97.5 Å². The van der Waals surface area contributed by atoms with Crippen molar-refractivity contribution in [2.24, 2.45) is 0 Å². The molecule has 0 aliphatic heterocycles. The van der Waals surface area contributed by atoms with Gasteiger partial charge in [0.25, 0.3) is 0 Å². The van der Waals surface area contributed by atoms with Crippen LogP contribution in [0.1, 0.15) is 31.9 Å². The third-order valence-electron chi connectivity index (χ3n) is 1.89. The van der Waals surface area contributed by atoms with Crippen molar-refractivity contribution in [3.63, 3.8) is 0 Å². The van der Waals surface area contributed by atoms with E-state index in [1.807, 2.05) is 6.92 Å². The number of carbonyl (C=O) groups is 2. The van der Waals surface area contributed by atoms with E-state index in [0.29, 0.717) is 17.2 Å². The number of nitrogens with zero attached hydrogens (tertiary/aromatic N) is 1. The van der Waals surface area contributed by atoms with E-state index in [9.17, 15) is 9.59 Å². The quantitative estimate of drug-likeness (QED) is 0.798. The number of nitrogens with one attached hydrogen (secondary N) is 1. The van der Waals surface area contributed by atoms with Crippen molar-refractivity contribution in [1.82, 2.24) is 4.98 Å². The predicted molar refractivity (Wildman–Crippen MR) is 61.6 cm³/mol. The van der Waals surface area contributed by atoms with E-state index >= 15 is 0 Å². The first-order chi connectivity index (χ1) is 7.61. The first-order valence-corrected chi connectivity index (χ1v) is 5.95. The Bertz CT molecular complexity index is 376. The molecule has 0 aromatic carbocycles. The Morgan fingerprint density at radius 3 is 2.94 bits per heavy atom. The van der Waals surface area contributed by atoms with Crippen LogP contribution in [0.5, 0.6) is 0 Å². The van der Waals surface area contributed by atoms with Crippen LogP contribution in [-0.2, 0) is 16.0 Å². The lowest BCUT2D eigenvalue weighted by molar-refractivity contribution is -0.136. The van der Waals surface area contributed by atoms with E-state index < -0.39 is 5.97 Å². The number of rotatable bonds is 6. The number of carboxylic acids is 1. The minimum atomic E-state index is -0.922. The third kappa shape index (κ3) is 4.39.